The maximum atomic E-state index is 13.5. The molecule has 2 aliphatic rings. The number of carbonyl (C=O) groups is 1. The van der Waals surface area contributed by atoms with Gasteiger partial charge in [0, 0.05) is 12.5 Å². The minimum Gasteiger partial charge on any atom is -0.426 e. The second-order valence-corrected chi connectivity index (χ2v) is 10.1. The topological polar surface area (TPSA) is 26.3 Å². The molecule has 0 saturated heterocycles. The number of hydrogen-bond donors (Lipinski definition) is 0. The lowest BCUT2D eigenvalue weighted by atomic mass is 9.67. The Kier molecular flexibility index (Phi) is 9.49. The Bertz CT molecular complexity index is 669. The van der Waals surface area contributed by atoms with Gasteiger partial charge in [0.15, 0.2) is 0 Å². The molecule has 2 nitrogen and oxygen atoms in total. The third-order valence-electron chi connectivity index (χ3n) is 7.48. The predicted molar refractivity (Wildman–Crippen MR) is 121 cm³/mol. The molecule has 0 aromatic heterocycles. The van der Waals surface area contributed by atoms with Crippen LogP contribution < -0.4 is 4.74 Å². The minimum atomic E-state index is -0.558. The van der Waals surface area contributed by atoms with Crippen LogP contribution in [0, 0.1) is 29.5 Å². The molecule has 0 N–H and O–H groups in total. The van der Waals surface area contributed by atoms with Crippen LogP contribution in [-0.2, 0) is 4.79 Å². The van der Waals surface area contributed by atoms with Crippen LogP contribution in [0.3, 0.4) is 0 Å². The Morgan fingerprint density at radius 3 is 2.57 bits per heavy atom. The SMILES string of the molecule is CCCCC[C@H]1CC[C@H]([C@H]2CCCC(CCC(=O)Oc3ccc(Cl)c(F)c3)C2)CC1. The number of ether oxygens (including phenoxy) is 1. The molecule has 168 valence electrons. The van der Waals surface area contributed by atoms with Crippen molar-refractivity contribution >= 4 is 17.6 Å². The highest BCUT2D eigenvalue weighted by atomic mass is 35.5. The molecule has 2 aliphatic carbocycles. The highest BCUT2D eigenvalue weighted by Crippen LogP contribution is 2.43. The van der Waals surface area contributed by atoms with Gasteiger partial charge in [0.2, 0.25) is 0 Å². The van der Waals surface area contributed by atoms with E-state index in [0.717, 1.165) is 24.2 Å². The van der Waals surface area contributed by atoms with Crippen LogP contribution in [0.4, 0.5) is 4.39 Å². The standard InChI is InChI=1S/C26H38ClFO2/c1-2-3-4-6-19-9-12-21(13-10-19)22-8-5-7-20(17-22)11-16-26(29)30-23-14-15-24(27)25(28)18-23/h14-15,18-22H,2-13,16-17H2,1H3/t19-,20?,21-,22-/m0/s1. The van der Waals surface area contributed by atoms with Crippen molar-refractivity contribution in [2.45, 2.75) is 96.8 Å². The molecule has 0 radical (unpaired) electrons. The van der Waals surface area contributed by atoms with E-state index in [0.29, 0.717) is 12.3 Å². The van der Waals surface area contributed by atoms with Crippen LogP contribution in [0.25, 0.3) is 0 Å². The third kappa shape index (κ3) is 7.25. The normalized spacial score (nSPS) is 27.0. The van der Waals surface area contributed by atoms with Crippen molar-refractivity contribution in [2.24, 2.45) is 23.7 Å². The van der Waals surface area contributed by atoms with Gasteiger partial charge in [-0.3, -0.25) is 4.79 Å². The molecule has 0 aliphatic heterocycles. The largest absolute Gasteiger partial charge is 0.426 e. The lowest BCUT2D eigenvalue weighted by Gasteiger charge is -2.38. The first-order valence-electron chi connectivity index (χ1n) is 12.2. The van der Waals surface area contributed by atoms with Crippen molar-refractivity contribution in [2.75, 3.05) is 0 Å². The summed E-state index contributed by atoms with van der Waals surface area (Å²) in [6, 6.07) is 4.14. The summed E-state index contributed by atoms with van der Waals surface area (Å²) in [7, 11) is 0. The molecular formula is C26H38ClFO2. The van der Waals surface area contributed by atoms with Gasteiger partial charge >= 0.3 is 5.97 Å². The summed E-state index contributed by atoms with van der Waals surface area (Å²) >= 11 is 5.68. The molecule has 1 unspecified atom stereocenters. The van der Waals surface area contributed by atoms with Crippen LogP contribution in [0.2, 0.25) is 5.02 Å². The molecule has 2 saturated carbocycles. The Morgan fingerprint density at radius 2 is 1.83 bits per heavy atom. The molecule has 30 heavy (non-hydrogen) atoms. The first kappa shape index (κ1) is 23.6. The zero-order chi connectivity index (χ0) is 21.3. The summed E-state index contributed by atoms with van der Waals surface area (Å²) in [5.74, 6) is 2.75. The highest BCUT2D eigenvalue weighted by Gasteiger charge is 2.31. The quantitative estimate of drug-likeness (QED) is 0.221. The van der Waals surface area contributed by atoms with Crippen molar-refractivity contribution < 1.29 is 13.9 Å². The summed E-state index contributed by atoms with van der Waals surface area (Å²) in [6.45, 7) is 2.29. The van der Waals surface area contributed by atoms with E-state index >= 15 is 0 Å². The first-order valence-corrected chi connectivity index (χ1v) is 12.6. The van der Waals surface area contributed by atoms with Gasteiger partial charge in [-0.1, -0.05) is 76.3 Å². The molecule has 2 atom stereocenters. The number of esters is 1. The van der Waals surface area contributed by atoms with Gasteiger partial charge in [0.05, 0.1) is 5.02 Å². The van der Waals surface area contributed by atoms with E-state index in [1.54, 1.807) is 6.07 Å². The molecule has 1 aromatic rings. The van der Waals surface area contributed by atoms with E-state index in [4.69, 9.17) is 16.3 Å². The number of benzene rings is 1. The van der Waals surface area contributed by atoms with Crippen LogP contribution in [-0.4, -0.2) is 5.97 Å². The predicted octanol–water partition coefficient (Wildman–Crippen LogP) is 8.36. The Hall–Kier alpha value is -1.09. The fourth-order valence-corrected chi connectivity index (χ4v) is 5.82. The van der Waals surface area contributed by atoms with E-state index in [1.807, 2.05) is 0 Å². The lowest BCUT2D eigenvalue weighted by molar-refractivity contribution is -0.134. The Morgan fingerprint density at radius 1 is 1.03 bits per heavy atom. The van der Waals surface area contributed by atoms with E-state index in [-0.39, 0.29) is 16.7 Å². The average molecular weight is 437 g/mol. The fourth-order valence-electron chi connectivity index (χ4n) is 5.70. The Balaban J connectivity index is 1.37. The van der Waals surface area contributed by atoms with Gasteiger partial charge in [-0.05, 0) is 61.5 Å². The van der Waals surface area contributed by atoms with Crippen LogP contribution in [0.5, 0.6) is 5.75 Å². The number of carbonyl (C=O) groups excluding carboxylic acids is 1. The molecule has 4 heteroatoms. The summed E-state index contributed by atoms with van der Waals surface area (Å²) in [5.41, 5.74) is 0. The van der Waals surface area contributed by atoms with Gasteiger partial charge in [-0.2, -0.15) is 0 Å². The molecule has 1 aromatic carbocycles. The van der Waals surface area contributed by atoms with Crippen LogP contribution in [0.1, 0.15) is 96.8 Å². The number of rotatable bonds is 9. The number of unbranched alkanes of at least 4 members (excludes halogenated alkanes) is 2. The van der Waals surface area contributed by atoms with Gasteiger partial charge in [-0.15, -0.1) is 0 Å². The van der Waals surface area contributed by atoms with Gasteiger partial charge < -0.3 is 4.74 Å². The van der Waals surface area contributed by atoms with Gasteiger partial charge in [0.1, 0.15) is 11.6 Å². The monoisotopic (exact) mass is 436 g/mol. The maximum absolute atomic E-state index is 13.5. The van der Waals surface area contributed by atoms with E-state index in [2.05, 4.69) is 6.92 Å². The molecule has 0 bridgehead atoms. The number of hydrogen-bond acceptors (Lipinski definition) is 2. The first-order chi connectivity index (χ1) is 14.5. The van der Waals surface area contributed by atoms with E-state index < -0.39 is 5.82 Å². The molecule has 2 fully saturated rings. The van der Waals surface area contributed by atoms with Crippen molar-refractivity contribution in [3.63, 3.8) is 0 Å². The summed E-state index contributed by atoms with van der Waals surface area (Å²) in [5, 5.41) is 0.0399. The number of halogens is 2. The summed E-state index contributed by atoms with van der Waals surface area (Å²) < 4.78 is 18.8. The molecule has 3 rings (SSSR count). The van der Waals surface area contributed by atoms with Crippen LogP contribution in [0.15, 0.2) is 18.2 Å². The highest BCUT2D eigenvalue weighted by molar-refractivity contribution is 6.30. The minimum absolute atomic E-state index is 0.0399. The lowest BCUT2D eigenvalue weighted by Crippen LogP contribution is -2.27. The molecule has 0 spiro atoms. The van der Waals surface area contributed by atoms with Gasteiger partial charge in [0.25, 0.3) is 0 Å². The van der Waals surface area contributed by atoms with Crippen molar-refractivity contribution in [3.05, 3.63) is 29.0 Å². The molecular weight excluding hydrogens is 399 g/mol. The van der Waals surface area contributed by atoms with E-state index in [9.17, 15) is 9.18 Å². The van der Waals surface area contributed by atoms with Crippen molar-refractivity contribution in [3.8, 4) is 5.75 Å². The molecule has 0 amide bonds. The zero-order valence-corrected chi connectivity index (χ0v) is 19.3. The second kappa shape index (κ2) is 12.1. The summed E-state index contributed by atoms with van der Waals surface area (Å²) in [6.07, 6.45) is 17.7. The van der Waals surface area contributed by atoms with E-state index in [1.165, 1.54) is 89.2 Å². The average Bonchev–Trinajstić information content (AvgIpc) is 2.76. The maximum Gasteiger partial charge on any atom is 0.311 e. The zero-order valence-electron chi connectivity index (χ0n) is 18.5. The smallest absolute Gasteiger partial charge is 0.311 e. The summed E-state index contributed by atoms with van der Waals surface area (Å²) in [4.78, 5) is 12.2. The van der Waals surface area contributed by atoms with Crippen LogP contribution >= 0.6 is 11.6 Å². The Labute approximate surface area is 186 Å². The second-order valence-electron chi connectivity index (χ2n) is 9.66. The van der Waals surface area contributed by atoms with Crippen molar-refractivity contribution in [1.29, 1.82) is 0 Å². The van der Waals surface area contributed by atoms with Crippen molar-refractivity contribution in [1.82, 2.24) is 0 Å². The van der Waals surface area contributed by atoms with Gasteiger partial charge in [-0.25, -0.2) is 4.39 Å². The fraction of sp³-hybridized carbons (Fsp3) is 0.731. The third-order valence-corrected chi connectivity index (χ3v) is 7.78. The molecule has 0 heterocycles.